The van der Waals surface area contributed by atoms with Gasteiger partial charge in [-0.1, -0.05) is 102 Å². The van der Waals surface area contributed by atoms with E-state index in [1.165, 1.54) is 12.3 Å². The Hall–Kier alpha value is -2.35. The van der Waals surface area contributed by atoms with Gasteiger partial charge in [-0.2, -0.15) is 4.98 Å². The van der Waals surface area contributed by atoms with Crippen LogP contribution in [0.15, 0.2) is 77.7 Å². The van der Waals surface area contributed by atoms with Crippen molar-refractivity contribution < 1.29 is 18.0 Å². The Balaban J connectivity index is 1.87. The second-order valence-electron chi connectivity index (χ2n) is 13.9. The van der Waals surface area contributed by atoms with Gasteiger partial charge in [-0.05, 0) is 39.6 Å². The van der Waals surface area contributed by atoms with E-state index in [0.717, 1.165) is 14.9 Å². The Bertz CT molecular complexity index is 1410. The van der Waals surface area contributed by atoms with Crippen LogP contribution in [-0.2, 0) is 13.6 Å². The van der Waals surface area contributed by atoms with Gasteiger partial charge >= 0.3 is 5.69 Å². The van der Waals surface area contributed by atoms with Crippen LogP contribution in [0.5, 0.6) is 0 Å². The van der Waals surface area contributed by atoms with Crippen molar-refractivity contribution in [2.45, 2.75) is 88.8 Å². The van der Waals surface area contributed by atoms with Crippen LogP contribution >= 0.6 is 11.6 Å². The first-order chi connectivity index (χ1) is 20.0. The summed E-state index contributed by atoms with van der Waals surface area (Å²) in [6.45, 7) is 16.9. The van der Waals surface area contributed by atoms with Gasteiger partial charge < -0.3 is 19.3 Å². The minimum Gasteiger partial charge on any atom is -0.408 e. The van der Waals surface area contributed by atoms with Gasteiger partial charge in [0.25, 0.3) is 8.32 Å². The van der Waals surface area contributed by atoms with Crippen LogP contribution in [0.1, 0.15) is 47.8 Å². The molecule has 2 aromatic carbocycles. The first kappa shape index (κ1) is 33.5. The molecule has 11 heteroatoms. The molecule has 0 spiro atoms. The molecule has 234 valence electrons. The van der Waals surface area contributed by atoms with Gasteiger partial charge in [0.1, 0.15) is 17.5 Å². The fourth-order valence-electron chi connectivity index (χ4n) is 5.56. The number of alkyl halides is 2. The molecule has 0 saturated carbocycles. The molecule has 43 heavy (non-hydrogen) atoms. The summed E-state index contributed by atoms with van der Waals surface area (Å²) in [6.07, 6.45) is -2.74. The van der Waals surface area contributed by atoms with Crippen molar-refractivity contribution in [3.05, 3.63) is 83.4 Å². The number of aromatic nitrogens is 2. The minimum absolute atomic E-state index is 0.0438. The molecular formula is C32H45ClFN3O4Si2. The SMILES string of the molecule is CC(C)(C)[Si](C)(C)OC1C(F)C(n2ccc(N)nc2=O)O[C@]1(CCl)CO[Si](c1ccccc1)(c1ccccc1)C(C)(C)C. The number of nitrogens with zero attached hydrogens (tertiary/aromatic N) is 2. The Morgan fingerprint density at radius 3 is 1.95 bits per heavy atom. The van der Waals surface area contributed by atoms with Crippen LogP contribution in [0.4, 0.5) is 10.2 Å². The fraction of sp³-hybridized carbons (Fsp3) is 0.500. The Morgan fingerprint density at radius 1 is 0.977 bits per heavy atom. The van der Waals surface area contributed by atoms with Crippen LogP contribution in [0.3, 0.4) is 0 Å². The normalized spacial score (nSPS) is 23.4. The average molecular weight is 646 g/mol. The number of rotatable bonds is 9. The summed E-state index contributed by atoms with van der Waals surface area (Å²) >= 11 is 6.78. The summed E-state index contributed by atoms with van der Waals surface area (Å²) in [4.78, 5) is 16.7. The topological polar surface area (TPSA) is 88.6 Å². The Morgan fingerprint density at radius 2 is 1.51 bits per heavy atom. The molecule has 0 amide bonds. The number of hydrogen-bond donors (Lipinski definition) is 1. The maximum absolute atomic E-state index is 16.8. The second kappa shape index (κ2) is 12.2. The third-order valence-corrected chi connectivity index (χ3v) is 18.9. The zero-order valence-electron chi connectivity index (χ0n) is 26.4. The van der Waals surface area contributed by atoms with Gasteiger partial charge in [0.2, 0.25) is 0 Å². The van der Waals surface area contributed by atoms with E-state index in [9.17, 15) is 4.79 Å². The number of nitrogen functional groups attached to an aromatic ring is 1. The maximum Gasteiger partial charge on any atom is 0.351 e. The molecule has 1 fully saturated rings. The number of anilines is 1. The second-order valence-corrected chi connectivity index (χ2v) is 23.3. The monoisotopic (exact) mass is 645 g/mol. The molecular weight excluding hydrogens is 601 g/mol. The van der Waals surface area contributed by atoms with Crippen molar-refractivity contribution in [3.8, 4) is 0 Å². The van der Waals surface area contributed by atoms with Gasteiger partial charge in [0.05, 0.1) is 12.5 Å². The molecule has 2 N–H and O–H groups in total. The number of benzene rings is 2. The van der Waals surface area contributed by atoms with Gasteiger partial charge in [-0.3, -0.25) is 4.57 Å². The average Bonchev–Trinajstić information content (AvgIpc) is 3.20. The van der Waals surface area contributed by atoms with E-state index in [0.29, 0.717) is 0 Å². The molecule has 1 aliphatic rings. The van der Waals surface area contributed by atoms with Crippen LogP contribution in [0.2, 0.25) is 23.2 Å². The van der Waals surface area contributed by atoms with Crippen LogP contribution < -0.4 is 21.8 Å². The zero-order valence-corrected chi connectivity index (χ0v) is 29.2. The highest BCUT2D eigenvalue weighted by Gasteiger charge is 2.61. The highest BCUT2D eigenvalue weighted by Crippen LogP contribution is 2.47. The number of nitrogens with two attached hydrogens (primary N) is 1. The van der Waals surface area contributed by atoms with Crippen molar-refractivity contribution in [1.82, 2.24) is 9.55 Å². The van der Waals surface area contributed by atoms with Crippen molar-refractivity contribution in [2.24, 2.45) is 0 Å². The quantitative estimate of drug-likeness (QED) is 0.240. The van der Waals surface area contributed by atoms with Crippen molar-refractivity contribution in [2.75, 3.05) is 18.2 Å². The predicted octanol–water partition coefficient (Wildman–Crippen LogP) is 5.64. The van der Waals surface area contributed by atoms with E-state index in [1.54, 1.807) is 0 Å². The van der Waals surface area contributed by atoms with E-state index < -0.39 is 46.4 Å². The molecule has 0 radical (unpaired) electrons. The zero-order chi connectivity index (χ0) is 31.8. The van der Waals surface area contributed by atoms with Gasteiger partial charge in [-0.15, -0.1) is 11.6 Å². The third kappa shape index (κ3) is 6.28. The Labute approximate surface area is 261 Å². The van der Waals surface area contributed by atoms with E-state index in [4.69, 9.17) is 30.9 Å². The largest absolute Gasteiger partial charge is 0.408 e. The van der Waals surface area contributed by atoms with Gasteiger partial charge in [0.15, 0.2) is 20.7 Å². The summed E-state index contributed by atoms with van der Waals surface area (Å²) in [5.74, 6) is -0.0687. The van der Waals surface area contributed by atoms with Crippen LogP contribution in [0.25, 0.3) is 0 Å². The lowest BCUT2D eigenvalue weighted by Gasteiger charge is -2.47. The smallest absolute Gasteiger partial charge is 0.351 e. The molecule has 0 aliphatic carbocycles. The van der Waals surface area contributed by atoms with Gasteiger partial charge in [0, 0.05) is 6.20 Å². The van der Waals surface area contributed by atoms with Crippen molar-refractivity contribution in [1.29, 1.82) is 0 Å². The molecule has 0 bridgehead atoms. The van der Waals surface area contributed by atoms with E-state index in [-0.39, 0.29) is 28.4 Å². The molecule has 7 nitrogen and oxygen atoms in total. The Kier molecular flexibility index (Phi) is 9.53. The number of ether oxygens (including phenoxy) is 1. The molecule has 2 heterocycles. The van der Waals surface area contributed by atoms with Crippen molar-refractivity contribution >= 4 is 44.4 Å². The number of halogens is 2. The highest BCUT2D eigenvalue weighted by molar-refractivity contribution is 6.99. The van der Waals surface area contributed by atoms with E-state index in [2.05, 4.69) is 83.9 Å². The lowest BCUT2D eigenvalue weighted by molar-refractivity contribution is -0.109. The molecule has 4 atom stereocenters. The van der Waals surface area contributed by atoms with Crippen LogP contribution in [0, 0.1) is 0 Å². The third-order valence-electron chi connectivity index (χ3n) is 8.97. The molecule has 4 rings (SSSR count). The van der Waals surface area contributed by atoms with E-state index >= 15 is 4.39 Å². The molecule has 1 aromatic heterocycles. The molecule has 3 unspecified atom stereocenters. The molecule has 1 saturated heterocycles. The standard InChI is InChI=1S/C32H45ClFN3O4Si2/c1-30(2,3)42(7,8)41-27-26(34)28(37-20-19-25(35)36-29(37)38)40-32(27,21-33)22-39-43(31(4,5)6,23-15-11-9-12-16-23)24-17-13-10-14-18-24/h9-20,26-28H,21-22H2,1-8H3,(H2,35,36,38)/t26?,27?,28?,32-/m1/s1. The van der Waals surface area contributed by atoms with E-state index in [1.807, 2.05) is 36.4 Å². The number of hydrogen-bond acceptors (Lipinski definition) is 6. The lowest BCUT2D eigenvalue weighted by atomic mass is 9.99. The summed E-state index contributed by atoms with van der Waals surface area (Å²) in [5, 5.41) is 1.60. The fourth-order valence-corrected chi connectivity index (χ4v) is 11.8. The maximum atomic E-state index is 16.8. The van der Waals surface area contributed by atoms with Crippen molar-refractivity contribution in [3.63, 3.8) is 0 Å². The molecule has 1 aliphatic heterocycles. The predicted molar refractivity (Wildman–Crippen MR) is 177 cm³/mol. The molecule has 3 aromatic rings. The first-order valence-electron chi connectivity index (χ1n) is 14.6. The highest BCUT2D eigenvalue weighted by atomic mass is 35.5. The summed E-state index contributed by atoms with van der Waals surface area (Å²) < 4.78 is 38.5. The van der Waals surface area contributed by atoms with Crippen LogP contribution in [-0.4, -0.2) is 56.5 Å². The minimum atomic E-state index is -3.05. The summed E-state index contributed by atoms with van der Waals surface area (Å²) in [7, 11) is -5.60. The first-order valence-corrected chi connectivity index (χ1v) is 20.0. The summed E-state index contributed by atoms with van der Waals surface area (Å²) in [6, 6.07) is 21.8. The van der Waals surface area contributed by atoms with Gasteiger partial charge in [-0.25, -0.2) is 9.18 Å². The summed E-state index contributed by atoms with van der Waals surface area (Å²) in [5.41, 5.74) is 3.61. The lowest BCUT2D eigenvalue weighted by Crippen LogP contribution is -2.68.